The second-order valence-electron chi connectivity index (χ2n) is 6.05. The average Bonchev–Trinajstić information content (AvgIpc) is 3.04. The van der Waals surface area contributed by atoms with Crippen LogP contribution in [0.25, 0.3) is 10.9 Å². The number of hydrogen-bond acceptors (Lipinski definition) is 3. The minimum atomic E-state index is -0.0813. The van der Waals surface area contributed by atoms with Gasteiger partial charge in [-0.2, -0.15) is 0 Å². The number of hydrogen-bond donors (Lipinski definition) is 1. The molecule has 0 radical (unpaired) electrons. The van der Waals surface area contributed by atoms with E-state index in [0.717, 1.165) is 28.0 Å². The number of halogens is 1. The van der Waals surface area contributed by atoms with Crippen LogP contribution in [0, 0.1) is 0 Å². The van der Waals surface area contributed by atoms with E-state index in [9.17, 15) is 4.79 Å². The summed E-state index contributed by atoms with van der Waals surface area (Å²) in [5, 5.41) is 1.57. The quantitative estimate of drug-likeness (QED) is 0.775. The molecule has 0 saturated heterocycles. The summed E-state index contributed by atoms with van der Waals surface area (Å²) in [7, 11) is 1.78. The van der Waals surface area contributed by atoms with E-state index in [1.165, 1.54) is 0 Å². The Kier molecular flexibility index (Phi) is 4.01. The molecule has 1 amide bonds. The van der Waals surface area contributed by atoms with Gasteiger partial charge in [0.05, 0.1) is 0 Å². The molecule has 2 aromatic carbocycles. The third-order valence-electron chi connectivity index (χ3n) is 4.19. The van der Waals surface area contributed by atoms with Gasteiger partial charge in [0, 0.05) is 29.5 Å². The number of H-pyrrole nitrogens is 1. The zero-order chi connectivity index (χ0) is 17.4. The molecule has 128 valence electrons. The maximum Gasteiger partial charge on any atom is 0.270 e. The van der Waals surface area contributed by atoms with Gasteiger partial charge in [-0.05, 0) is 42.0 Å². The molecular formula is C19H17ClN2O3. The van der Waals surface area contributed by atoms with Gasteiger partial charge in [-0.25, -0.2) is 0 Å². The van der Waals surface area contributed by atoms with Gasteiger partial charge in [-0.1, -0.05) is 17.7 Å². The molecule has 1 aliphatic rings. The standard InChI is InChI=1S/C19H17ClN2O3/c1-22(11-12-2-5-17-18(8-12)25-7-6-24-17)19(23)16-10-13-9-14(20)3-4-15(13)21-16/h2-5,8-10,21H,6-7,11H2,1H3. The van der Waals surface area contributed by atoms with Crippen LogP contribution < -0.4 is 9.47 Å². The predicted octanol–water partition coefficient (Wildman–Crippen LogP) is 3.86. The largest absolute Gasteiger partial charge is 0.486 e. The van der Waals surface area contributed by atoms with Crippen molar-refractivity contribution < 1.29 is 14.3 Å². The highest BCUT2D eigenvalue weighted by Gasteiger charge is 2.17. The first kappa shape index (κ1) is 15.8. The van der Waals surface area contributed by atoms with Crippen molar-refractivity contribution in [3.63, 3.8) is 0 Å². The lowest BCUT2D eigenvalue weighted by molar-refractivity contribution is 0.0780. The molecule has 1 aliphatic heterocycles. The van der Waals surface area contributed by atoms with E-state index in [-0.39, 0.29) is 5.91 Å². The average molecular weight is 357 g/mol. The molecule has 1 N–H and O–H groups in total. The molecule has 6 heteroatoms. The first-order valence-electron chi connectivity index (χ1n) is 8.02. The number of aromatic nitrogens is 1. The Morgan fingerprint density at radius 1 is 1.12 bits per heavy atom. The van der Waals surface area contributed by atoms with E-state index in [1.54, 1.807) is 18.0 Å². The van der Waals surface area contributed by atoms with E-state index >= 15 is 0 Å². The summed E-state index contributed by atoms with van der Waals surface area (Å²) in [6, 6.07) is 13.1. The van der Waals surface area contributed by atoms with Gasteiger partial charge in [-0.15, -0.1) is 0 Å². The number of amides is 1. The van der Waals surface area contributed by atoms with Crippen LogP contribution in [0.4, 0.5) is 0 Å². The number of carbonyl (C=O) groups is 1. The van der Waals surface area contributed by atoms with Crippen molar-refractivity contribution in [3.8, 4) is 11.5 Å². The summed E-state index contributed by atoms with van der Waals surface area (Å²) in [5.41, 5.74) is 2.41. The monoisotopic (exact) mass is 356 g/mol. The minimum absolute atomic E-state index is 0.0813. The third kappa shape index (κ3) is 3.15. The zero-order valence-electron chi connectivity index (χ0n) is 13.7. The molecule has 3 aromatic rings. The van der Waals surface area contributed by atoms with Crippen LogP contribution in [0.1, 0.15) is 16.1 Å². The van der Waals surface area contributed by atoms with Crippen LogP contribution in [-0.4, -0.2) is 36.1 Å². The van der Waals surface area contributed by atoms with Crippen LogP contribution >= 0.6 is 11.6 Å². The van der Waals surface area contributed by atoms with Crippen molar-refractivity contribution >= 4 is 28.4 Å². The van der Waals surface area contributed by atoms with E-state index in [1.807, 2.05) is 36.4 Å². The zero-order valence-corrected chi connectivity index (χ0v) is 14.5. The van der Waals surface area contributed by atoms with Gasteiger partial charge in [-0.3, -0.25) is 4.79 Å². The summed E-state index contributed by atoms with van der Waals surface area (Å²) < 4.78 is 11.1. The second kappa shape index (κ2) is 6.33. The molecule has 0 bridgehead atoms. The summed E-state index contributed by atoms with van der Waals surface area (Å²) in [6.45, 7) is 1.59. The fourth-order valence-corrected chi connectivity index (χ4v) is 3.14. The fourth-order valence-electron chi connectivity index (χ4n) is 2.96. The molecule has 0 saturated carbocycles. The van der Waals surface area contributed by atoms with Crippen molar-refractivity contribution in [1.82, 2.24) is 9.88 Å². The van der Waals surface area contributed by atoms with Gasteiger partial charge in [0.15, 0.2) is 11.5 Å². The fraction of sp³-hybridized carbons (Fsp3) is 0.211. The van der Waals surface area contributed by atoms with Crippen molar-refractivity contribution in [3.05, 3.63) is 58.7 Å². The second-order valence-corrected chi connectivity index (χ2v) is 6.49. The highest BCUT2D eigenvalue weighted by atomic mass is 35.5. The lowest BCUT2D eigenvalue weighted by Crippen LogP contribution is -2.26. The van der Waals surface area contributed by atoms with Crippen molar-refractivity contribution in [2.75, 3.05) is 20.3 Å². The minimum Gasteiger partial charge on any atom is -0.486 e. The van der Waals surface area contributed by atoms with Crippen molar-refractivity contribution in [2.24, 2.45) is 0 Å². The molecule has 0 spiro atoms. The molecule has 25 heavy (non-hydrogen) atoms. The van der Waals surface area contributed by atoms with Gasteiger partial charge < -0.3 is 19.4 Å². The molecule has 0 unspecified atom stereocenters. The highest BCUT2D eigenvalue weighted by Crippen LogP contribution is 2.31. The number of fused-ring (bicyclic) bond motifs is 2. The van der Waals surface area contributed by atoms with Crippen LogP contribution in [0.15, 0.2) is 42.5 Å². The van der Waals surface area contributed by atoms with E-state index in [0.29, 0.717) is 30.5 Å². The molecule has 0 aliphatic carbocycles. The molecule has 0 fully saturated rings. The number of carbonyl (C=O) groups excluding carboxylic acids is 1. The summed E-state index contributed by atoms with van der Waals surface area (Å²) in [4.78, 5) is 17.5. The lowest BCUT2D eigenvalue weighted by Gasteiger charge is -2.21. The van der Waals surface area contributed by atoms with E-state index in [4.69, 9.17) is 21.1 Å². The van der Waals surface area contributed by atoms with Crippen molar-refractivity contribution in [2.45, 2.75) is 6.54 Å². The molecule has 0 atom stereocenters. The molecule has 1 aromatic heterocycles. The number of nitrogens with one attached hydrogen (secondary N) is 1. The van der Waals surface area contributed by atoms with Crippen LogP contribution in [-0.2, 0) is 6.54 Å². The Hall–Kier alpha value is -2.66. The Morgan fingerprint density at radius 3 is 2.76 bits per heavy atom. The normalized spacial score (nSPS) is 13.0. The Labute approximate surface area is 150 Å². The maximum atomic E-state index is 12.7. The topological polar surface area (TPSA) is 54.6 Å². The van der Waals surface area contributed by atoms with Crippen LogP contribution in [0.5, 0.6) is 11.5 Å². The summed E-state index contributed by atoms with van der Waals surface area (Å²) in [5.74, 6) is 1.39. The Morgan fingerprint density at radius 2 is 1.92 bits per heavy atom. The summed E-state index contributed by atoms with van der Waals surface area (Å²) in [6.07, 6.45) is 0. The smallest absolute Gasteiger partial charge is 0.270 e. The number of ether oxygens (including phenoxy) is 2. The summed E-state index contributed by atoms with van der Waals surface area (Å²) >= 11 is 6.00. The number of rotatable bonds is 3. The predicted molar refractivity (Wildman–Crippen MR) is 96.5 cm³/mol. The van der Waals surface area contributed by atoms with E-state index < -0.39 is 0 Å². The molecule has 4 rings (SSSR count). The van der Waals surface area contributed by atoms with Crippen LogP contribution in [0.3, 0.4) is 0 Å². The Bertz CT molecular complexity index is 951. The van der Waals surface area contributed by atoms with Gasteiger partial charge >= 0.3 is 0 Å². The number of aromatic amines is 1. The van der Waals surface area contributed by atoms with Gasteiger partial charge in [0.25, 0.3) is 5.91 Å². The van der Waals surface area contributed by atoms with Gasteiger partial charge in [0.1, 0.15) is 18.9 Å². The van der Waals surface area contributed by atoms with Gasteiger partial charge in [0.2, 0.25) is 0 Å². The third-order valence-corrected chi connectivity index (χ3v) is 4.42. The van der Waals surface area contributed by atoms with Crippen molar-refractivity contribution in [1.29, 1.82) is 0 Å². The van der Waals surface area contributed by atoms with Crippen LogP contribution in [0.2, 0.25) is 5.02 Å². The molecule has 5 nitrogen and oxygen atoms in total. The maximum absolute atomic E-state index is 12.7. The number of benzene rings is 2. The molecular weight excluding hydrogens is 340 g/mol. The molecule has 2 heterocycles. The van der Waals surface area contributed by atoms with E-state index in [2.05, 4.69) is 4.98 Å². The number of nitrogens with zero attached hydrogens (tertiary/aromatic N) is 1. The first-order chi connectivity index (χ1) is 12.1. The highest BCUT2D eigenvalue weighted by molar-refractivity contribution is 6.31. The lowest BCUT2D eigenvalue weighted by atomic mass is 10.1. The Balaban J connectivity index is 1.53. The SMILES string of the molecule is CN(Cc1ccc2c(c1)OCCO2)C(=O)c1cc2cc(Cl)ccc2[nH]1. The first-order valence-corrected chi connectivity index (χ1v) is 8.40.